The molecule has 0 amide bonds. The first-order valence-corrected chi connectivity index (χ1v) is 6.48. The van der Waals surface area contributed by atoms with E-state index in [1.54, 1.807) is 18.4 Å². The molecule has 1 atom stereocenters. The first-order valence-electron chi connectivity index (χ1n) is 6.48. The predicted octanol–water partition coefficient (Wildman–Crippen LogP) is 3.84. The average Bonchev–Trinajstić information content (AvgIpc) is 2.97. The van der Waals surface area contributed by atoms with Crippen LogP contribution in [0.4, 0.5) is 0 Å². The minimum atomic E-state index is -0.835. The number of carboxylic acids is 1. The van der Waals surface area contributed by atoms with E-state index in [0.29, 0.717) is 12.2 Å². The number of hydrogen-bond donors (Lipinski definition) is 1. The highest BCUT2D eigenvalue weighted by molar-refractivity contribution is 5.90. The van der Waals surface area contributed by atoms with Gasteiger partial charge in [-0.3, -0.25) is 4.79 Å². The van der Waals surface area contributed by atoms with Crippen LogP contribution in [-0.4, -0.2) is 11.1 Å². The maximum Gasteiger partial charge on any atom is 0.311 e. The maximum atomic E-state index is 11.6. The van der Waals surface area contributed by atoms with Crippen molar-refractivity contribution in [3.63, 3.8) is 0 Å². The van der Waals surface area contributed by atoms with Crippen LogP contribution >= 0.6 is 0 Å². The smallest absolute Gasteiger partial charge is 0.311 e. The van der Waals surface area contributed by atoms with Gasteiger partial charge in [0.15, 0.2) is 0 Å². The van der Waals surface area contributed by atoms with E-state index in [1.165, 1.54) is 0 Å². The number of furan rings is 1. The van der Waals surface area contributed by atoms with Crippen LogP contribution in [0.15, 0.2) is 65.3 Å². The lowest BCUT2D eigenvalue weighted by atomic mass is 9.90. The number of carboxylic acid groups (broad SMARTS) is 1. The van der Waals surface area contributed by atoms with Crippen molar-refractivity contribution in [1.29, 1.82) is 0 Å². The summed E-state index contributed by atoms with van der Waals surface area (Å²) in [5.41, 5.74) is 0.826. The summed E-state index contributed by atoms with van der Waals surface area (Å²) < 4.78 is 5.28. The number of fused-ring (bicyclic) bond motifs is 1. The second-order valence-corrected chi connectivity index (χ2v) is 4.74. The molecule has 100 valence electrons. The molecule has 0 spiro atoms. The lowest BCUT2D eigenvalue weighted by Crippen LogP contribution is -2.14. The molecule has 0 radical (unpaired) electrons. The Balaban J connectivity index is 2.08. The molecule has 0 aliphatic heterocycles. The van der Waals surface area contributed by atoms with Crippen LogP contribution in [0.25, 0.3) is 10.8 Å². The van der Waals surface area contributed by atoms with E-state index in [2.05, 4.69) is 0 Å². The SMILES string of the molecule is O=C(O)[C@H](Cc1ccco1)c1cccc2ccccc12. The number of aliphatic carboxylic acids is 1. The van der Waals surface area contributed by atoms with Gasteiger partial charge in [0.25, 0.3) is 0 Å². The molecular formula is C17H14O3. The van der Waals surface area contributed by atoms with Crippen molar-refractivity contribution in [2.45, 2.75) is 12.3 Å². The molecule has 3 heteroatoms. The summed E-state index contributed by atoms with van der Waals surface area (Å²) in [6.45, 7) is 0. The molecule has 0 aliphatic carbocycles. The lowest BCUT2D eigenvalue weighted by Gasteiger charge is -2.14. The zero-order chi connectivity index (χ0) is 13.9. The number of benzene rings is 2. The molecule has 1 aromatic heterocycles. The van der Waals surface area contributed by atoms with Gasteiger partial charge in [0, 0.05) is 6.42 Å². The molecule has 0 fully saturated rings. The molecule has 0 bridgehead atoms. The van der Waals surface area contributed by atoms with Gasteiger partial charge >= 0.3 is 5.97 Å². The van der Waals surface area contributed by atoms with Gasteiger partial charge in [0.2, 0.25) is 0 Å². The Labute approximate surface area is 116 Å². The van der Waals surface area contributed by atoms with Crippen LogP contribution < -0.4 is 0 Å². The van der Waals surface area contributed by atoms with E-state index < -0.39 is 11.9 Å². The Morgan fingerprint density at radius 3 is 2.60 bits per heavy atom. The van der Waals surface area contributed by atoms with E-state index in [9.17, 15) is 9.90 Å². The second-order valence-electron chi connectivity index (χ2n) is 4.74. The minimum Gasteiger partial charge on any atom is -0.481 e. The van der Waals surface area contributed by atoms with E-state index in [1.807, 2.05) is 42.5 Å². The molecule has 0 aliphatic rings. The summed E-state index contributed by atoms with van der Waals surface area (Å²) in [5, 5.41) is 11.6. The highest BCUT2D eigenvalue weighted by Gasteiger charge is 2.23. The van der Waals surface area contributed by atoms with Gasteiger partial charge in [0.05, 0.1) is 12.2 Å². The summed E-state index contributed by atoms with van der Waals surface area (Å²) in [5.74, 6) is -0.754. The Hall–Kier alpha value is -2.55. The number of rotatable bonds is 4. The average molecular weight is 266 g/mol. The molecule has 3 aromatic rings. The molecule has 0 saturated carbocycles. The molecule has 3 rings (SSSR count). The number of carbonyl (C=O) groups is 1. The summed E-state index contributed by atoms with van der Waals surface area (Å²) in [6.07, 6.45) is 1.92. The second kappa shape index (κ2) is 5.21. The Morgan fingerprint density at radius 1 is 1.05 bits per heavy atom. The monoisotopic (exact) mass is 266 g/mol. The van der Waals surface area contributed by atoms with Crippen molar-refractivity contribution in [3.05, 3.63) is 72.2 Å². The van der Waals surface area contributed by atoms with Gasteiger partial charge in [-0.05, 0) is 28.5 Å². The summed E-state index contributed by atoms with van der Waals surface area (Å²) in [7, 11) is 0. The Kier molecular flexibility index (Phi) is 3.25. The van der Waals surface area contributed by atoms with E-state index in [4.69, 9.17) is 4.42 Å². The predicted molar refractivity (Wildman–Crippen MR) is 76.7 cm³/mol. The highest BCUT2D eigenvalue weighted by atomic mass is 16.4. The largest absolute Gasteiger partial charge is 0.481 e. The van der Waals surface area contributed by atoms with Crippen LogP contribution in [0.3, 0.4) is 0 Å². The van der Waals surface area contributed by atoms with E-state index in [-0.39, 0.29) is 0 Å². The van der Waals surface area contributed by atoms with Crippen LogP contribution in [0, 0.1) is 0 Å². The normalized spacial score (nSPS) is 12.4. The highest BCUT2D eigenvalue weighted by Crippen LogP contribution is 2.28. The molecule has 3 nitrogen and oxygen atoms in total. The van der Waals surface area contributed by atoms with Crippen molar-refractivity contribution < 1.29 is 14.3 Å². The fourth-order valence-corrected chi connectivity index (χ4v) is 2.51. The van der Waals surface area contributed by atoms with Crippen molar-refractivity contribution in [1.82, 2.24) is 0 Å². The fraction of sp³-hybridized carbons (Fsp3) is 0.118. The van der Waals surface area contributed by atoms with Gasteiger partial charge in [-0.15, -0.1) is 0 Å². The minimum absolute atomic E-state index is 0.357. The van der Waals surface area contributed by atoms with E-state index in [0.717, 1.165) is 16.3 Å². The Bertz CT molecular complexity index is 724. The zero-order valence-corrected chi connectivity index (χ0v) is 10.8. The first kappa shape index (κ1) is 12.5. The molecule has 1 heterocycles. The van der Waals surface area contributed by atoms with Crippen molar-refractivity contribution in [2.75, 3.05) is 0 Å². The standard InChI is InChI=1S/C17H14O3/c18-17(19)16(11-13-7-4-10-20-13)15-9-3-6-12-5-1-2-8-14(12)15/h1-10,16H,11H2,(H,18,19)/t16-/m1/s1. The van der Waals surface area contributed by atoms with Crippen molar-refractivity contribution >= 4 is 16.7 Å². The van der Waals surface area contributed by atoms with Gasteiger partial charge in [-0.2, -0.15) is 0 Å². The summed E-state index contributed by atoms with van der Waals surface area (Å²) in [4.78, 5) is 11.6. The van der Waals surface area contributed by atoms with Crippen LogP contribution in [-0.2, 0) is 11.2 Å². The number of hydrogen-bond acceptors (Lipinski definition) is 2. The molecule has 0 unspecified atom stereocenters. The quantitative estimate of drug-likeness (QED) is 0.780. The molecule has 20 heavy (non-hydrogen) atoms. The third-order valence-corrected chi connectivity index (χ3v) is 3.48. The van der Waals surface area contributed by atoms with E-state index >= 15 is 0 Å². The van der Waals surface area contributed by atoms with Gasteiger partial charge in [0.1, 0.15) is 5.76 Å². The van der Waals surface area contributed by atoms with Crippen LogP contribution in [0.2, 0.25) is 0 Å². The lowest BCUT2D eigenvalue weighted by molar-refractivity contribution is -0.138. The maximum absolute atomic E-state index is 11.6. The molecule has 2 aromatic carbocycles. The molecule has 1 N–H and O–H groups in total. The van der Waals surface area contributed by atoms with Crippen molar-refractivity contribution in [2.24, 2.45) is 0 Å². The van der Waals surface area contributed by atoms with Crippen LogP contribution in [0.1, 0.15) is 17.2 Å². The third kappa shape index (κ3) is 2.30. The topological polar surface area (TPSA) is 50.4 Å². The molecule has 0 saturated heterocycles. The molecular weight excluding hydrogens is 252 g/mol. The van der Waals surface area contributed by atoms with Crippen LogP contribution in [0.5, 0.6) is 0 Å². The van der Waals surface area contributed by atoms with Gasteiger partial charge < -0.3 is 9.52 Å². The first-order chi connectivity index (χ1) is 9.75. The van der Waals surface area contributed by atoms with Crippen molar-refractivity contribution in [3.8, 4) is 0 Å². The third-order valence-electron chi connectivity index (χ3n) is 3.48. The zero-order valence-electron chi connectivity index (χ0n) is 10.8. The summed E-state index contributed by atoms with van der Waals surface area (Å²) >= 11 is 0. The summed E-state index contributed by atoms with van der Waals surface area (Å²) in [6, 6.07) is 17.2. The Morgan fingerprint density at radius 2 is 1.85 bits per heavy atom. The van der Waals surface area contributed by atoms with Gasteiger partial charge in [-0.1, -0.05) is 42.5 Å². The fourth-order valence-electron chi connectivity index (χ4n) is 2.51. The van der Waals surface area contributed by atoms with Gasteiger partial charge in [-0.25, -0.2) is 0 Å².